The van der Waals surface area contributed by atoms with Crippen LogP contribution in [-0.2, 0) is 0 Å². The third kappa shape index (κ3) is 1.56. The summed E-state index contributed by atoms with van der Waals surface area (Å²) in [5, 5.41) is 0. The maximum Gasteiger partial charge on any atom is -0.00940 e. The molecule has 0 N–H and O–H groups in total. The van der Waals surface area contributed by atoms with Gasteiger partial charge in [-0.05, 0) is 35.1 Å². The minimum atomic E-state index is 0.958. The molecule has 0 saturated carbocycles. The average molecular weight is 182 g/mol. The number of rotatable bonds is 1. The lowest BCUT2D eigenvalue weighted by Crippen LogP contribution is -2.00. The van der Waals surface area contributed by atoms with E-state index in [1.807, 2.05) is 0 Å². The standard InChI is InChI=1S/C14H14/c1-11-7-3-5-9-13(11)14-10-6-4-8-12(14)2/h3-6,9-10H,1-2,7-8H2. The van der Waals surface area contributed by atoms with Crippen LogP contribution < -0.4 is 0 Å². The summed E-state index contributed by atoms with van der Waals surface area (Å²) in [5.41, 5.74) is 4.88. The molecule has 0 heteroatoms. The zero-order valence-corrected chi connectivity index (χ0v) is 8.29. The van der Waals surface area contributed by atoms with E-state index in [1.165, 1.54) is 22.3 Å². The molecule has 70 valence electrons. The van der Waals surface area contributed by atoms with Crippen LogP contribution in [0.5, 0.6) is 0 Å². The molecule has 0 atom stereocenters. The van der Waals surface area contributed by atoms with E-state index in [9.17, 15) is 0 Å². The van der Waals surface area contributed by atoms with E-state index in [2.05, 4.69) is 49.6 Å². The Kier molecular flexibility index (Phi) is 2.36. The van der Waals surface area contributed by atoms with Gasteiger partial charge in [-0.25, -0.2) is 0 Å². The Bertz CT molecular complexity index is 358. The van der Waals surface area contributed by atoms with Crippen LogP contribution in [-0.4, -0.2) is 0 Å². The molecule has 0 saturated heterocycles. The van der Waals surface area contributed by atoms with Gasteiger partial charge in [0, 0.05) is 0 Å². The highest BCUT2D eigenvalue weighted by molar-refractivity contribution is 5.60. The van der Waals surface area contributed by atoms with E-state index in [0.29, 0.717) is 0 Å². The van der Waals surface area contributed by atoms with Gasteiger partial charge in [0.05, 0.1) is 0 Å². The quantitative estimate of drug-likeness (QED) is 0.577. The molecule has 0 aromatic carbocycles. The predicted molar refractivity (Wildman–Crippen MR) is 62.0 cm³/mol. The van der Waals surface area contributed by atoms with Crippen molar-refractivity contribution in [3.05, 3.63) is 71.9 Å². The molecule has 0 amide bonds. The zero-order chi connectivity index (χ0) is 9.97. The average Bonchev–Trinajstić information content (AvgIpc) is 2.20. The third-order valence-corrected chi connectivity index (χ3v) is 2.58. The van der Waals surface area contributed by atoms with Crippen LogP contribution in [0.25, 0.3) is 0 Å². The SMILES string of the molecule is C=C1CC=CC=C1C1=CC=CCC1=C. The van der Waals surface area contributed by atoms with E-state index in [-0.39, 0.29) is 0 Å². The molecule has 2 aliphatic rings. The minimum absolute atomic E-state index is 0.958. The molecular weight excluding hydrogens is 168 g/mol. The highest BCUT2D eigenvalue weighted by Gasteiger charge is 2.13. The normalized spacial score (nSPS) is 20.9. The zero-order valence-electron chi connectivity index (χ0n) is 8.29. The second-order valence-electron chi connectivity index (χ2n) is 3.63. The molecule has 0 bridgehead atoms. The Morgan fingerprint density at radius 1 is 0.786 bits per heavy atom. The van der Waals surface area contributed by atoms with Gasteiger partial charge >= 0.3 is 0 Å². The second-order valence-corrected chi connectivity index (χ2v) is 3.63. The van der Waals surface area contributed by atoms with Gasteiger partial charge < -0.3 is 0 Å². The van der Waals surface area contributed by atoms with Crippen LogP contribution in [0.2, 0.25) is 0 Å². The van der Waals surface area contributed by atoms with Crippen LogP contribution in [0, 0.1) is 0 Å². The fourth-order valence-electron chi connectivity index (χ4n) is 1.77. The predicted octanol–water partition coefficient (Wildman–Crippen LogP) is 3.87. The summed E-state index contributed by atoms with van der Waals surface area (Å²) >= 11 is 0. The van der Waals surface area contributed by atoms with Gasteiger partial charge in [-0.15, -0.1) is 0 Å². The van der Waals surface area contributed by atoms with Crippen LogP contribution in [0.3, 0.4) is 0 Å². The summed E-state index contributed by atoms with van der Waals surface area (Å²) in [6.07, 6.45) is 14.6. The van der Waals surface area contributed by atoms with Gasteiger partial charge in [0.15, 0.2) is 0 Å². The van der Waals surface area contributed by atoms with E-state index in [0.717, 1.165) is 12.8 Å². The monoisotopic (exact) mass is 182 g/mol. The van der Waals surface area contributed by atoms with E-state index in [1.54, 1.807) is 0 Å². The summed E-state index contributed by atoms with van der Waals surface area (Å²) in [4.78, 5) is 0. The number of hydrogen-bond donors (Lipinski definition) is 0. The van der Waals surface area contributed by atoms with Crippen molar-refractivity contribution in [1.29, 1.82) is 0 Å². The minimum Gasteiger partial charge on any atom is -0.0949 e. The Balaban J connectivity index is 2.38. The molecule has 0 aromatic rings. The topological polar surface area (TPSA) is 0 Å². The summed E-state index contributed by atoms with van der Waals surface area (Å²) in [6.45, 7) is 8.16. The van der Waals surface area contributed by atoms with Crippen molar-refractivity contribution in [2.45, 2.75) is 12.8 Å². The van der Waals surface area contributed by atoms with E-state index >= 15 is 0 Å². The molecule has 0 fully saturated rings. The molecular formula is C14H14. The van der Waals surface area contributed by atoms with Gasteiger partial charge in [-0.2, -0.15) is 0 Å². The van der Waals surface area contributed by atoms with Crippen LogP contribution in [0.1, 0.15) is 12.8 Å². The van der Waals surface area contributed by atoms with Gasteiger partial charge in [0.25, 0.3) is 0 Å². The summed E-state index contributed by atoms with van der Waals surface area (Å²) in [5.74, 6) is 0. The number of allylic oxidation sites excluding steroid dienone is 10. The first-order valence-corrected chi connectivity index (χ1v) is 4.89. The Morgan fingerprint density at radius 3 is 1.57 bits per heavy atom. The summed E-state index contributed by atoms with van der Waals surface area (Å²) in [7, 11) is 0. The molecule has 2 rings (SSSR count). The molecule has 0 heterocycles. The number of hydrogen-bond acceptors (Lipinski definition) is 0. The van der Waals surface area contributed by atoms with Crippen LogP contribution >= 0.6 is 0 Å². The van der Waals surface area contributed by atoms with Crippen LogP contribution in [0.15, 0.2) is 71.9 Å². The van der Waals surface area contributed by atoms with Gasteiger partial charge in [-0.3, -0.25) is 0 Å². The van der Waals surface area contributed by atoms with Gasteiger partial charge in [0.1, 0.15) is 0 Å². The van der Waals surface area contributed by atoms with Crippen LogP contribution in [0.4, 0.5) is 0 Å². The van der Waals surface area contributed by atoms with Gasteiger partial charge in [-0.1, -0.05) is 49.6 Å². The highest BCUT2D eigenvalue weighted by atomic mass is 14.2. The van der Waals surface area contributed by atoms with E-state index < -0.39 is 0 Å². The lowest BCUT2D eigenvalue weighted by atomic mass is 9.86. The lowest BCUT2D eigenvalue weighted by Gasteiger charge is -2.18. The van der Waals surface area contributed by atoms with Gasteiger partial charge in [0.2, 0.25) is 0 Å². The van der Waals surface area contributed by atoms with Crippen molar-refractivity contribution in [2.24, 2.45) is 0 Å². The van der Waals surface area contributed by atoms with Crippen molar-refractivity contribution < 1.29 is 0 Å². The molecule has 0 nitrogen and oxygen atoms in total. The molecule has 14 heavy (non-hydrogen) atoms. The highest BCUT2D eigenvalue weighted by Crippen LogP contribution is 2.31. The van der Waals surface area contributed by atoms with Crippen molar-refractivity contribution in [3.63, 3.8) is 0 Å². The largest absolute Gasteiger partial charge is 0.0949 e. The molecule has 0 unspecified atom stereocenters. The van der Waals surface area contributed by atoms with Crippen molar-refractivity contribution in [2.75, 3.05) is 0 Å². The maximum absolute atomic E-state index is 4.08. The lowest BCUT2D eigenvalue weighted by molar-refractivity contribution is 1.15. The Morgan fingerprint density at radius 2 is 1.21 bits per heavy atom. The second kappa shape index (κ2) is 3.67. The maximum atomic E-state index is 4.08. The molecule has 0 radical (unpaired) electrons. The first-order valence-electron chi connectivity index (χ1n) is 4.89. The third-order valence-electron chi connectivity index (χ3n) is 2.58. The molecule has 0 aromatic heterocycles. The molecule has 0 aliphatic heterocycles. The van der Waals surface area contributed by atoms with Crippen molar-refractivity contribution >= 4 is 0 Å². The fourth-order valence-corrected chi connectivity index (χ4v) is 1.77. The van der Waals surface area contributed by atoms with Crippen molar-refractivity contribution in [3.8, 4) is 0 Å². The fraction of sp³-hybridized carbons (Fsp3) is 0.143. The summed E-state index contributed by atoms with van der Waals surface area (Å²) < 4.78 is 0. The molecule has 0 spiro atoms. The first kappa shape index (κ1) is 9.01. The molecule has 2 aliphatic carbocycles. The smallest absolute Gasteiger partial charge is 0.00940 e. The summed E-state index contributed by atoms with van der Waals surface area (Å²) in [6, 6.07) is 0. The Hall–Kier alpha value is -1.56. The Labute approximate surface area is 85.3 Å². The van der Waals surface area contributed by atoms with Crippen molar-refractivity contribution in [1.82, 2.24) is 0 Å². The first-order chi connectivity index (χ1) is 6.79. The van der Waals surface area contributed by atoms with E-state index in [4.69, 9.17) is 0 Å².